The summed E-state index contributed by atoms with van der Waals surface area (Å²) in [4.78, 5) is 15.4. The fourth-order valence-corrected chi connectivity index (χ4v) is 4.64. The highest BCUT2D eigenvalue weighted by Gasteiger charge is 2.65. The topological polar surface area (TPSA) is 81.0 Å². The smallest absolute Gasteiger partial charge is 0.179 e. The third-order valence-electron chi connectivity index (χ3n) is 6.04. The molecule has 1 saturated carbocycles. The van der Waals surface area contributed by atoms with Crippen molar-refractivity contribution in [3.05, 3.63) is 60.1 Å². The number of hydrogen-bond acceptors (Lipinski definition) is 5. The Balaban J connectivity index is 1.77. The number of furan rings is 1. The van der Waals surface area contributed by atoms with E-state index in [1.807, 2.05) is 41.3 Å². The maximum atomic E-state index is 13.4. The quantitative estimate of drug-likeness (QED) is 0.839. The Kier molecular flexibility index (Phi) is 3.29. The van der Waals surface area contributed by atoms with Crippen molar-refractivity contribution < 1.29 is 9.21 Å². The minimum atomic E-state index is -1.39. The molecule has 0 radical (unpaired) electrons. The summed E-state index contributed by atoms with van der Waals surface area (Å²) >= 11 is 0. The maximum Gasteiger partial charge on any atom is 0.179 e. The van der Waals surface area contributed by atoms with Gasteiger partial charge in [0.15, 0.2) is 11.2 Å². The number of benzene rings is 1. The van der Waals surface area contributed by atoms with E-state index in [0.717, 1.165) is 24.1 Å². The molecule has 3 aliphatic rings. The van der Waals surface area contributed by atoms with Crippen LogP contribution in [0.25, 0.3) is 6.08 Å². The molecule has 0 spiro atoms. The second-order valence-corrected chi connectivity index (χ2v) is 7.48. The summed E-state index contributed by atoms with van der Waals surface area (Å²) in [6, 6.07) is 14.8. The van der Waals surface area contributed by atoms with E-state index < -0.39 is 23.4 Å². The van der Waals surface area contributed by atoms with Gasteiger partial charge in [-0.1, -0.05) is 30.4 Å². The molecule has 3 atom stereocenters. The lowest BCUT2D eigenvalue weighted by atomic mass is 9.71. The molecule has 2 aromatic rings. The van der Waals surface area contributed by atoms with Gasteiger partial charge in [-0.05, 0) is 36.6 Å². The van der Waals surface area contributed by atoms with Crippen molar-refractivity contribution in [2.24, 2.45) is 11.3 Å². The van der Waals surface area contributed by atoms with Gasteiger partial charge in [-0.15, -0.1) is 0 Å². The molecule has 5 rings (SSSR count). The third kappa shape index (κ3) is 2.06. The standard InChI is InChI=1S/C22H17N3O2/c23-12-22(13-24)18-10-9-14-4-1-2-5-16(14)25(18)20(21(26)15-7-8-15)19(22)17-6-3-11-27-17/h1-6,9-11,15,18-20H,7-8H2/t18-,19+,20-/m0/s1. The Morgan fingerprint density at radius 3 is 2.59 bits per heavy atom. The van der Waals surface area contributed by atoms with Crippen LogP contribution in [0.5, 0.6) is 0 Å². The van der Waals surface area contributed by atoms with Gasteiger partial charge in [-0.25, -0.2) is 0 Å². The molecule has 3 heterocycles. The first-order chi connectivity index (χ1) is 13.2. The van der Waals surface area contributed by atoms with Crippen LogP contribution in [0.15, 0.2) is 53.2 Å². The molecule has 2 fully saturated rings. The normalized spacial score (nSPS) is 27.3. The summed E-state index contributed by atoms with van der Waals surface area (Å²) in [6.07, 6.45) is 7.13. The van der Waals surface area contributed by atoms with Gasteiger partial charge in [-0.2, -0.15) is 10.5 Å². The molecular weight excluding hydrogens is 338 g/mol. The summed E-state index contributed by atoms with van der Waals surface area (Å²) in [5.41, 5.74) is 0.497. The second-order valence-electron chi connectivity index (χ2n) is 7.48. The summed E-state index contributed by atoms with van der Waals surface area (Å²) in [6.45, 7) is 0. The van der Waals surface area contributed by atoms with E-state index in [9.17, 15) is 15.3 Å². The highest BCUT2D eigenvalue weighted by atomic mass is 16.3. The third-order valence-corrected chi connectivity index (χ3v) is 6.04. The lowest BCUT2D eigenvalue weighted by Crippen LogP contribution is -2.44. The summed E-state index contributed by atoms with van der Waals surface area (Å²) < 4.78 is 5.65. The summed E-state index contributed by atoms with van der Waals surface area (Å²) in [5, 5.41) is 20.3. The molecule has 5 heteroatoms. The van der Waals surface area contributed by atoms with E-state index in [0.29, 0.717) is 5.76 Å². The number of hydrogen-bond donors (Lipinski definition) is 0. The van der Waals surface area contributed by atoms with Crippen LogP contribution in [0.1, 0.15) is 30.1 Å². The molecule has 27 heavy (non-hydrogen) atoms. The van der Waals surface area contributed by atoms with Gasteiger partial charge in [-0.3, -0.25) is 4.79 Å². The molecule has 5 nitrogen and oxygen atoms in total. The zero-order valence-corrected chi connectivity index (χ0v) is 14.6. The minimum Gasteiger partial charge on any atom is -0.469 e. The first-order valence-corrected chi connectivity index (χ1v) is 9.16. The number of anilines is 1. The van der Waals surface area contributed by atoms with E-state index in [4.69, 9.17) is 4.42 Å². The fourth-order valence-electron chi connectivity index (χ4n) is 4.64. The van der Waals surface area contributed by atoms with E-state index in [1.165, 1.54) is 6.26 Å². The van der Waals surface area contributed by atoms with Crippen molar-refractivity contribution in [2.75, 3.05) is 4.90 Å². The van der Waals surface area contributed by atoms with Crippen LogP contribution in [0.3, 0.4) is 0 Å². The predicted octanol–water partition coefficient (Wildman–Crippen LogP) is 3.66. The zero-order valence-electron chi connectivity index (χ0n) is 14.6. The van der Waals surface area contributed by atoms with Gasteiger partial charge in [0.25, 0.3) is 0 Å². The second kappa shape index (κ2) is 5.59. The number of Topliss-reactive ketones (excluding diaryl/α,β-unsaturated/α-hetero) is 1. The van der Waals surface area contributed by atoms with Crippen molar-refractivity contribution in [1.29, 1.82) is 10.5 Å². The molecule has 0 unspecified atom stereocenters. The minimum absolute atomic E-state index is 0.0133. The molecule has 0 bridgehead atoms. The summed E-state index contributed by atoms with van der Waals surface area (Å²) in [5.74, 6) is 0.0204. The van der Waals surface area contributed by atoms with E-state index in [-0.39, 0.29) is 11.7 Å². The first kappa shape index (κ1) is 15.9. The molecule has 1 aliphatic carbocycles. The largest absolute Gasteiger partial charge is 0.469 e. The number of nitriles is 2. The highest BCUT2D eigenvalue weighted by molar-refractivity contribution is 5.95. The monoisotopic (exact) mass is 355 g/mol. The molecule has 1 saturated heterocycles. The first-order valence-electron chi connectivity index (χ1n) is 9.16. The fraction of sp³-hybridized carbons (Fsp3) is 0.318. The van der Waals surface area contributed by atoms with Gasteiger partial charge in [0, 0.05) is 11.6 Å². The molecule has 2 aliphatic heterocycles. The van der Waals surface area contributed by atoms with Crippen molar-refractivity contribution in [1.82, 2.24) is 0 Å². The average molecular weight is 355 g/mol. The predicted molar refractivity (Wildman–Crippen MR) is 98.4 cm³/mol. The highest BCUT2D eigenvalue weighted by Crippen LogP contribution is 2.56. The number of rotatable bonds is 3. The van der Waals surface area contributed by atoms with Crippen LogP contribution in [0.2, 0.25) is 0 Å². The molecule has 132 valence electrons. The Labute approximate surface area is 157 Å². The van der Waals surface area contributed by atoms with Crippen molar-refractivity contribution in [3.63, 3.8) is 0 Å². The molecule has 1 aromatic heterocycles. The number of fused-ring (bicyclic) bond motifs is 3. The maximum absolute atomic E-state index is 13.4. The van der Waals surface area contributed by atoms with Gasteiger partial charge >= 0.3 is 0 Å². The Hall–Kier alpha value is -3.31. The van der Waals surface area contributed by atoms with Gasteiger partial charge in [0.05, 0.1) is 30.4 Å². The van der Waals surface area contributed by atoms with E-state index >= 15 is 0 Å². The lowest BCUT2D eigenvalue weighted by Gasteiger charge is -2.35. The van der Waals surface area contributed by atoms with Crippen molar-refractivity contribution >= 4 is 17.5 Å². The van der Waals surface area contributed by atoms with Gasteiger partial charge < -0.3 is 9.32 Å². The molecular formula is C22H17N3O2. The van der Waals surface area contributed by atoms with Crippen LogP contribution < -0.4 is 4.90 Å². The van der Waals surface area contributed by atoms with Crippen molar-refractivity contribution in [3.8, 4) is 12.1 Å². The Morgan fingerprint density at radius 2 is 1.93 bits per heavy atom. The van der Waals surface area contributed by atoms with E-state index in [2.05, 4.69) is 12.1 Å². The van der Waals surface area contributed by atoms with Crippen LogP contribution >= 0.6 is 0 Å². The number of nitrogens with zero attached hydrogens (tertiary/aromatic N) is 3. The molecule has 1 aromatic carbocycles. The average Bonchev–Trinajstić information content (AvgIpc) is 3.33. The van der Waals surface area contributed by atoms with Crippen LogP contribution in [-0.4, -0.2) is 17.9 Å². The summed E-state index contributed by atoms with van der Waals surface area (Å²) in [7, 11) is 0. The lowest BCUT2D eigenvalue weighted by molar-refractivity contribution is -0.121. The van der Waals surface area contributed by atoms with Gasteiger partial charge in [0.1, 0.15) is 11.8 Å². The van der Waals surface area contributed by atoms with Gasteiger partial charge in [0.2, 0.25) is 0 Å². The van der Waals surface area contributed by atoms with Crippen LogP contribution in [0.4, 0.5) is 5.69 Å². The molecule has 0 N–H and O–H groups in total. The number of para-hydroxylation sites is 1. The number of ketones is 1. The Morgan fingerprint density at radius 1 is 1.15 bits per heavy atom. The van der Waals surface area contributed by atoms with Crippen LogP contribution in [0, 0.1) is 34.0 Å². The zero-order chi connectivity index (χ0) is 18.6. The SMILES string of the molecule is N#CC1(C#N)[C@H](c2ccco2)[C@@H](C(=O)C2CC2)N2c3ccccc3C=C[C@H]21. The number of carbonyl (C=O) groups excluding carboxylic acids is 1. The van der Waals surface area contributed by atoms with E-state index in [1.54, 1.807) is 12.1 Å². The molecule has 0 amide bonds. The number of carbonyl (C=O) groups is 1. The van der Waals surface area contributed by atoms with Crippen molar-refractivity contribution in [2.45, 2.75) is 30.8 Å². The Bertz CT molecular complexity index is 1010. The van der Waals surface area contributed by atoms with Crippen LogP contribution in [-0.2, 0) is 4.79 Å².